The Hall–Kier alpha value is -1.35. The van der Waals surface area contributed by atoms with E-state index < -0.39 is 0 Å². The first kappa shape index (κ1) is 13.1. The number of carbonyl (C=O) groups excluding carboxylic acids is 1. The summed E-state index contributed by atoms with van der Waals surface area (Å²) in [6.07, 6.45) is 2.80. The first-order chi connectivity index (χ1) is 8.81. The van der Waals surface area contributed by atoms with Crippen molar-refractivity contribution in [1.82, 2.24) is 10.6 Å². The molecule has 0 fully saturated rings. The Labute approximate surface area is 109 Å². The molecule has 3 heteroatoms. The van der Waals surface area contributed by atoms with E-state index in [1.54, 1.807) is 0 Å². The van der Waals surface area contributed by atoms with Crippen molar-refractivity contribution in [2.45, 2.75) is 26.2 Å². The van der Waals surface area contributed by atoms with Crippen LogP contribution in [0.1, 0.15) is 24.5 Å². The zero-order valence-corrected chi connectivity index (χ0v) is 11.0. The van der Waals surface area contributed by atoms with Gasteiger partial charge >= 0.3 is 0 Å². The zero-order valence-electron chi connectivity index (χ0n) is 11.0. The smallest absolute Gasteiger partial charge is 0.223 e. The fourth-order valence-electron chi connectivity index (χ4n) is 2.49. The van der Waals surface area contributed by atoms with Crippen molar-refractivity contribution in [3.05, 3.63) is 35.4 Å². The molecule has 0 aromatic heterocycles. The Bertz CT molecular complexity index is 378. The number of hydrogen-bond acceptors (Lipinski definition) is 2. The third-order valence-corrected chi connectivity index (χ3v) is 3.50. The first-order valence-corrected chi connectivity index (χ1v) is 6.86. The molecular weight excluding hydrogens is 224 g/mol. The highest BCUT2D eigenvalue weighted by Crippen LogP contribution is 2.26. The number of rotatable bonds is 6. The van der Waals surface area contributed by atoms with Gasteiger partial charge in [-0.25, -0.2) is 0 Å². The molecule has 1 aromatic carbocycles. The second kappa shape index (κ2) is 6.55. The number of amides is 1. The van der Waals surface area contributed by atoms with E-state index in [9.17, 15) is 4.79 Å². The van der Waals surface area contributed by atoms with Gasteiger partial charge in [0.05, 0.1) is 0 Å². The second-order valence-electron chi connectivity index (χ2n) is 4.87. The van der Waals surface area contributed by atoms with Crippen molar-refractivity contribution in [3.8, 4) is 0 Å². The van der Waals surface area contributed by atoms with Crippen molar-refractivity contribution in [1.29, 1.82) is 0 Å². The first-order valence-electron chi connectivity index (χ1n) is 6.86. The Morgan fingerprint density at radius 1 is 1.22 bits per heavy atom. The van der Waals surface area contributed by atoms with Gasteiger partial charge in [-0.3, -0.25) is 4.79 Å². The fourth-order valence-corrected chi connectivity index (χ4v) is 2.49. The van der Waals surface area contributed by atoms with Crippen molar-refractivity contribution in [3.63, 3.8) is 0 Å². The Kier molecular flexibility index (Phi) is 4.76. The maximum atomic E-state index is 12.0. The summed E-state index contributed by atoms with van der Waals surface area (Å²) in [6.45, 7) is 4.83. The van der Waals surface area contributed by atoms with Crippen LogP contribution >= 0.6 is 0 Å². The van der Waals surface area contributed by atoms with Gasteiger partial charge in [0, 0.05) is 12.5 Å². The predicted octanol–water partition coefficient (Wildman–Crippen LogP) is 1.52. The summed E-state index contributed by atoms with van der Waals surface area (Å²) in [5.41, 5.74) is 2.68. The van der Waals surface area contributed by atoms with E-state index in [1.165, 1.54) is 11.1 Å². The van der Waals surface area contributed by atoms with Crippen molar-refractivity contribution in [2.75, 3.05) is 19.6 Å². The molecule has 0 radical (unpaired) electrons. The summed E-state index contributed by atoms with van der Waals surface area (Å²) in [6, 6.07) is 8.37. The molecule has 98 valence electrons. The SMILES string of the molecule is CCNCCCNC(=O)C1Cc2ccccc2C1. The molecule has 0 saturated carbocycles. The molecule has 1 amide bonds. The van der Waals surface area contributed by atoms with Gasteiger partial charge in [0.15, 0.2) is 0 Å². The average Bonchev–Trinajstić information content (AvgIpc) is 2.82. The average molecular weight is 246 g/mol. The molecule has 0 heterocycles. The highest BCUT2D eigenvalue weighted by molar-refractivity contribution is 5.80. The Morgan fingerprint density at radius 3 is 2.50 bits per heavy atom. The van der Waals surface area contributed by atoms with E-state index in [2.05, 4.69) is 41.8 Å². The van der Waals surface area contributed by atoms with Crippen LogP contribution in [0.3, 0.4) is 0 Å². The number of nitrogens with one attached hydrogen (secondary N) is 2. The third kappa shape index (κ3) is 3.33. The van der Waals surface area contributed by atoms with Crippen LogP contribution in [0.5, 0.6) is 0 Å². The molecule has 3 nitrogen and oxygen atoms in total. The highest BCUT2D eigenvalue weighted by atomic mass is 16.1. The van der Waals surface area contributed by atoms with E-state index in [0.717, 1.165) is 38.9 Å². The lowest BCUT2D eigenvalue weighted by atomic mass is 10.1. The molecule has 1 aromatic rings. The van der Waals surface area contributed by atoms with Crippen LogP contribution in [-0.4, -0.2) is 25.5 Å². The Morgan fingerprint density at radius 2 is 1.89 bits per heavy atom. The van der Waals surface area contributed by atoms with Crippen LogP contribution in [0, 0.1) is 5.92 Å². The van der Waals surface area contributed by atoms with E-state index >= 15 is 0 Å². The molecule has 0 spiro atoms. The van der Waals surface area contributed by atoms with E-state index in [0.29, 0.717) is 0 Å². The number of carbonyl (C=O) groups is 1. The monoisotopic (exact) mass is 246 g/mol. The summed E-state index contributed by atoms with van der Waals surface area (Å²) in [7, 11) is 0. The minimum absolute atomic E-state index is 0.140. The van der Waals surface area contributed by atoms with Gasteiger partial charge in [0.1, 0.15) is 0 Å². The molecule has 2 rings (SSSR count). The van der Waals surface area contributed by atoms with Crippen LogP contribution in [0.15, 0.2) is 24.3 Å². The molecule has 0 bridgehead atoms. The van der Waals surface area contributed by atoms with Crippen LogP contribution in [-0.2, 0) is 17.6 Å². The maximum absolute atomic E-state index is 12.0. The summed E-state index contributed by atoms with van der Waals surface area (Å²) >= 11 is 0. The van der Waals surface area contributed by atoms with Gasteiger partial charge < -0.3 is 10.6 Å². The zero-order chi connectivity index (χ0) is 12.8. The molecule has 1 aliphatic rings. The molecule has 0 saturated heterocycles. The lowest BCUT2D eigenvalue weighted by Crippen LogP contribution is -2.33. The van der Waals surface area contributed by atoms with E-state index in [1.807, 2.05) is 0 Å². The molecular formula is C15H22N2O. The van der Waals surface area contributed by atoms with Gasteiger partial charge in [-0.1, -0.05) is 31.2 Å². The molecule has 0 aliphatic heterocycles. The van der Waals surface area contributed by atoms with Gasteiger partial charge in [-0.15, -0.1) is 0 Å². The highest BCUT2D eigenvalue weighted by Gasteiger charge is 2.26. The topological polar surface area (TPSA) is 41.1 Å². The standard InChI is InChI=1S/C15H22N2O/c1-2-16-8-5-9-17-15(18)14-10-12-6-3-4-7-13(12)11-14/h3-4,6-7,14,16H,2,5,8-11H2,1H3,(H,17,18). The number of hydrogen-bond donors (Lipinski definition) is 2. The minimum atomic E-state index is 0.140. The van der Waals surface area contributed by atoms with Gasteiger partial charge in [-0.05, 0) is 43.5 Å². The summed E-state index contributed by atoms with van der Waals surface area (Å²) in [4.78, 5) is 12.0. The quantitative estimate of drug-likeness (QED) is 0.747. The largest absolute Gasteiger partial charge is 0.356 e. The molecule has 0 unspecified atom stereocenters. The predicted molar refractivity (Wildman–Crippen MR) is 73.5 cm³/mol. The van der Waals surface area contributed by atoms with Gasteiger partial charge in [-0.2, -0.15) is 0 Å². The van der Waals surface area contributed by atoms with Crippen LogP contribution in [0.2, 0.25) is 0 Å². The van der Waals surface area contributed by atoms with Crippen molar-refractivity contribution < 1.29 is 4.79 Å². The van der Waals surface area contributed by atoms with E-state index in [4.69, 9.17) is 0 Å². The molecule has 0 atom stereocenters. The normalized spacial score (nSPS) is 14.5. The van der Waals surface area contributed by atoms with Crippen LogP contribution in [0.4, 0.5) is 0 Å². The summed E-state index contributed by atoms with van der Waals surface area (Å²) < 4.78 is 0. The van der Waals surface area contributed by atoms with Crippen molar-refractivity contribution >= 4 is 5.91 Å². The minimum Gasteiger partial charge on any atom is -0.356 e. The lowest BCUT2D eigenvalue weighted by molar-refractivity contribution is -0.124. The van der Waals surface area contributed by atoms with Crippen LogP contribution < -0.4 is 10.6 Å². The molecule has 2 N–H and O–H groups in total. The van der Waals surface area contributed by atoms with E-state index in [-0.39, 0.29) is 11.8 Å². The fraction of sp³-hybridized carbons (Fsp3) is 0.533. The number of benzene rings is 1. The van der Waals surface area contributed by atoms with Crippen LogP contribution in [0.25, 0.3) is 0 Å². The second-order valence-corrected chi connectivity index (χ2v) is 4.87. The lowest BCUT2D eigenvalue weighted by Gasteiger charge is -2.10. The molecule has 18 heavy (non-hydrogen) atoms. The van der Waals surface area contributed by atoms with Gasteiger partial charge in [0.2, 0.25) is 5.91 Å². The maximum Gasteiger partial charge on any atom is 0.223 e. The third-order valence-electron chi connectivity index (χ3n) is 3.50. The summed E-state index contributed by atoms with van der Waals surface area (Å²) in [5.74, 6) is 0.351. The van der Waals surface area contributed by atoms with Gasteiger partial charge in [0.25, 0.3) is 0 Å². The van der Waals surface area contributed by atoms with Crippen molar-refractivity contribution in [2.24, 2.45) is 5.92 Å². The molecule has 1 aliphatic carbocycles. The Balaban J connectivity index is 1.72. The number of fused-ring (bicyclic) bond motifs is 1. The summed E-state index contributed by atoms with van der Waals surface area (Å²) in [5, 5.41) is 6.29.